The number of benzene rings is 1. The third-order valence-corrected chi connectivity index (χ3v) is 5.22. The van der Waals surface area contributed by atoms with Crippen molar-refractivity contribution in [2.24, 2.45) is 0 Å². The van der Waals surface area contributed by atoms with Crippen LogP contribution >= 0.6 is 0 Å². The van der Waals surface area contributed by atoms with Crippen molar-refractivity contribution in [1.29, 1.82) is 5.26 Å². The van der Waals surface area contributed by atoms with Crippen LogP contribution in [-0.4, -0.2) is 47.0 Å². The standard InChI is InChI=1S/C22H21N7O/c1-3-20(30)28(2)18-4-5-19-16(10-18)6-8-24-21(19)29-9-7-17(14-29)27-22-25-12-15(11-23)13-26-22/h3-6,8,10,12-13,17H,1,7,9,14H2,2H3,(H,25,26,27). The molecule has 0 aliphatic carbocycles. The van der Waals surface area contributed by atoms with Crippen molar-refractivity contribution >= 4 is 34.1 Å². The first-order valence-electron chi connectivity index (χ1n) is 9.61. The molecule has 0 spiro atoms. The minimum atomic E-state index is -0.151. The van der Waals surface area contributed by atoms with E-state index in [4.69, 9.17) is 5.26 Å². The maximum atomic E-state index is 11.9. The van der Waals surface area contributed by atoms with Crippen molar-refractivity contribution in [1.82, 2.24) is 15.0 Å². The predicted octanol–water partition coefficient (Wildman–Crippen LogP) is 2.74. The lowest BCUT2D eigenvalue weighted by atomic mass is 10.1. The molecule has 2 aromatic heterocycles. The van der Waals surface area contributed by atoms with Crippen LogP contribution in [0.3, 0.4) is 0 Å². The van der Waals surface area contributed by atoms with E-state index in [0.29, 0.717) is 11.5 Å². The topological polar surface area (TPSA) is 98.0 Å². The fourth-order valence-electron chi connectivity index (χ4n) is 3.59. The van der Waals surface area contributed by atoms with Crippen LogP contribution in [-0.2, 0) is 4.79 Å². The van der Waals surface area contributed by atoms with E-state index < -0.39 is 0 Å². The average Bonchev–Trinajstić information content (AvgIpc) is 3.26. The highest BCUT2D eigenvalue weighted by atomic mass is 16.2. The molecule has 150 valence electrons. The number of carbonyl (C=O) groups is 1. The Morgan fingerprint density at radius 3 is 2.87 bits per heavy atom. The van der Waals surface area contributed by atoms with Gasteiger partial charge < -0.3 is 15.1 Å². The van der Waals surface area contributed by atoms with Gasteiger partial charge in [0.25, 0.3) is 0 Å². The van der Waals surface area contributed by atoms with Gasteiger partial charge in [-0.2, -0.15) is 5.26 Å². The van der Waals surface area contributed by atoms with Gasteiger partial charge in [0, 0.05) is 43.4 Å². The van der Waals surface area contributed by atoms with E-state index >= 15 is 0 Å². The maximum Gasteiger partial charge on any atom is 0.250 e. The molecule has 8 nitrogen and oxygen atoms in total. The van der Waals surface area contributed by atoms with Gasteiger partial charge >= 0.3 is 0 Å². The van der Waals surface area contributed by atoms with Crippen LogP contribution in [0.2, 0.25) is 0 Å². The Hall–Kier alpha value is -3.99. The summed E-state index contributed by atoms with van der Waals surface area (Å²) in [4.78, 5) is 28.7. The van der Waals surface area contributed by atoms with Crippen LogP contribution < -0.4 is 15.1 Å². The zero-order valence-corrected chi connectivity index (χ0v) is 16.6. The van der Waals surface area contributed by atoms with Crippen molar-refractivity contribution in [3.05, 3.63) is 61.1 Å². The second-order valence-corrected chi connectivity index (χ2v) is 7.12. The Morgan fingerprint density at radius 2 is 2.13 bits per heavy atom. The molecule has 4 rings (SSSR count). The molecule has 1 aliphatic rings. The Balaban J connectivity index is 1.52. The first kappa shape index (κ1) is 19.3. The van der Waals surface area contributed by atoms with E-state index in [-0.39, 0.29) is 11.9 Å². The van der Waals surface area contributed by atoms with Crippen molar-refractivity contribution in [2.45, 2.75) is 12.5 Å². The Kier molecular flexibility index (Phi) is 5.26. The van der Waals surface area contributed by atoms with Crippen molar-refractivity contribution in [3.63, 3.8) is 0 Å². The third kappa shape index (κ3) is 3.78. The highest BCUT2D eigenvalue weighted by molar-refractivity contribution is 6.03. The zero-order chi connectivity index (χ0) is 21.1. The molecular formula is C22H21N7O. The summed E-state index contributed by atoms with van der Waals surface area (Å²) >= 11 is 0. The molecule has 8 heteroatoms. The van der Waals surface area contributed by atoms with Gasteiger partial charge in [0.1, 0.15) is 11.9 Å². The number of carbonyl (C=O) groups excluding carboxylic acids is 1. The molecule has 1 aromatic carbocycles. The van der Waals surface area contributed by atoms with Gasteiger partial charge in [-0.05, 0) is 42.1 Å². The summed E-state index contributed by atoms with van der Waals surface area (Å²) in [7, 11) is 1.73. The number of nitriles is 1. The van der Waals surface area contributed by atoms with Gasteiger partial charge in [0.15, 0.2) is 0 Å². The summed E-state index contributed by atoms with van der Waals surface area (Å²) in [5.41, 5.74) is 1.25. The van der Waals surface area contributed by atoms with Gasteiger partial charge in [-0.1, -0.05) is 6.58 Å². The zero-order valence-electron chi connectivity index (χ0n) is 16.6. The van der Waals surface area contributed by atoms with Crippen molar-refractivity contribution in [2.75, 3.05) is 35.3 Å². The van der Waals surface area contributed by atoms with E-state index in [0.717, 1.165) is 41.8 Å². The largest absolute Gasteiger partial charge is 0.354 e. The van der Waals surface area contributed by atoms with Gasteiger partial charge in [-0.25, -0.2) is 15.0 Å². The normalized spacial score (nSPS) is 15.6. The molecular weight excluding hydrogens is 378 g/mol. The molecule has 1 fully saturated rings. The minimum absolute atomic E-state index is 0.151. The lowest BCUT2D eigenvalue weighted by Crippen LogP contribution is -2.27. The molecule has 1 unspecified atom stereocenters. The molecule has 1 amide bonds. The summed E-state index contributed by atoms with van der Waals surface area (Å²) in [5.74, 6) is 1.29. The molecule has 30 heavy (non-hydrogen) atoms. The summed E-state index contributed by atoms with van der Waals surface area (Å²) in [6, 6.07) is 10.1. The van der Waals surface area contributed by atoms with Crippen LogP contribution in [0.15, 0.2) is 55.5 Å². The molecule has 1 N–H and O–H groups in total. The number of nitrogens with one attached hydrogen (secondary N) is 1. The smallest absolute Gasteiger partial charge is 0.250 e. The number of hydrogen-bond donors (Lipinski definition) is 1. The fourth-order valence-corrected chi connectivity index (χ4v) is 3.59. The van der Waals surface area contributed by atoms with Crippen LogP contribution in [0.1, 0.15) is 12.0 Å². The molecule has 3 aromatic rings. The highest BCUT2D eigenvalue weighted by Crippen LogP contribution is 2.30. The van der Waals surface area contributed by atoms with Crippen LogP contribution in [0, 0.1) is 11.3 Å². The van der Waals surface area contributed by atoms with Gasteiger partial charge in [-0.15, -0.1) is 0 Å². The predicted molar refractivity (Wildman–Crippen MR) is 116 cm³/mol. The number of aromatic nitrogens is 3. The first-order valence-corrected chi connectivity index (χ1v) is 9.61. The lowest BCUT2D eigenvalue weighted by molar-refractivity contribution is -0.113. The molecule has 1 atom stereocenters. The Morgan fingerprint density at radius 1 is 1.33 bits per heavy atom. The Bertz CT molecular complexity index is 1140. The van der Waals surface area contributed by atoms with Gasteiger partial charge in [0.05, 0.1) is 18.0 Å². The van der Waals surface area contributed by atoms with Gasteiger partial charge in [-0.3, -0.25) is 4.79 Å². The quantitative estimate of drug-likeness (QED) is 0.659. The summed E-state index contributed by atoms with van der Waals surface area (Å²) in [6.07, 6.45) is 7.05. The highest BCUT2D eigenvalue weighted by Gasteiger charge is 2.25. The second kappa shape index (κ2) is 8.17. The van der Waals surface area contributed by atoms with Crippen molar-refractivity contribution in [3.8, 4) is 6.07 Å². The SMILES string of the molecule is C=CC(=O)N(C)c1ccc2c(N3CCC(Nc4ncc(C#N)cn4)C3)nccc2c1. The summed E-state index contributed by atoms with van der Waals surface area (Å²) in [5, 5.41) is 14.2. The van der Waals surface area contributed by atoms with Crippen LogP contribution in [0.4, 0.5) is 17.5 Å². The molecule has 1 aliphatic heterocycles. The first-order chi connectivity index (χ1) is 14.6. The molecule has 0 saturated carbocycles. The fraction of sp³-hybridized carbons (Fsp3) is 0.227. The molecule has 1 saturated heterocycles. The van der Waals surface area contributed by atoms with E-state index in [2.05, 4.69) is 31.7 Å². The molecule has 0 bridgehead atoms. The minimum Gasteiger partial charge on any atom is -0.354 e. The maximum absolute atomic E-state index is 11.9. The van der Waals surface area contributed by atoms with E-state index in [1.165, 1.54) is 18.5 Å². The van der Waals surface area contributed by atoms with E-state index in [1.54, 1.807) is 18.1 Å². The monoisotopic (exact) mass is 399 g/mol. The lowest BCUT2D eigenvalue weighted by Gasteiger charge is -2.21. The number of amides is 1. The summed E-state index contributed by atoms with van der Waals surface area (Å²) < 4.78 is 0. The number of nitrogens with zero attached hydrogens (tertiary/aromatic N) is 6. The number of anilines is 3. The van der Waals surface area contributed by atoms with Crippen LogP contribution in [0.5, 0.6) is 0 Å². The number of hydrogen-bond acceptors (Lipinski definition) is 7. The van der Waals surface area contributed by atoms with Crippen molar-refractivity contribution < 1.29 is 4.79 Å². The summed E-state index contributed by atoms with van der Waals surface area (Å²) in [6.45, 7) is 5.17. The molecule has 0 radical (unpaired) electrons. The number of rotatable bonds is 5. The average molecular weight is 399 g/mol. The Labute approximate surface area is 174 Å². The number of pyridine rings is 1. The number of fused-ring (bicyclic) bond motifs is 1. The van der Waals surface area contributed by atoms with E-state index in [1.807, 2.05) is 30.3 Å². The third-order valence-electron chi connectivity index (χ3n) is 5.22. The van der Waals surface area contributed by atoms with Gasteiger partial charge in [0.2, 0.25) is 11.9 Å². The van der Waals surface area contributed by atoms with E-state index in [9.17, 15) is 4.79 Å². The molecule has 3 heterocycles. The second-order valence-electron chi connectivity index (χ2n) is 7.12. The number of likely N-dealkylation sites (N-methyl/N-ethyl adjacent to an activating group) is 1. The van der Waals surface area contributed by atoms with Crippen LogP contribution in [0.25, 0.3) is 10.8 Å².